The molecule has 29 N–H and O–H groups in total. The number of imidazole rings is 1. The number of carbonyl (C=O) groups excluding carboxylic acids is 18. The molecular formula is C87H127N21O24S. The second-order valence-electron chi connectivity index (χ2n) is 33.1. The van der Waals surface area contributed by atoms with E-state index >= 15 is 4.79 Å². The smallest absolute Gasteiger partial charge is 0.326 e. The first-order valence-electron chi connectivity index (χ1n) is 43.2. The van der Waals surface area contributed by atoms with E-state index in [0.717, 1.165) is 6.92 Å². The highest BCUT2D eigenvalue weighted by Gasteiger charge is 2.42. The summed E-state index contributed by atoms with van der Waals surface area (Å²) in [4.78, 5) is 284. The van der Waals surface area contributed by atoms with Gasteiger partial charge in [0.15, 0.2) is 0 Å². The third-order valence-corrected chi connectivity index (χ3v) is 22.0. The van der Waals surface area contributed by atoms with Crippen LogP contribution in [0.5, 0.6) is 5.75 Å². The number of nitrogens with one attached hydrogen (secondary N) is 15. The Bertz CT molecular complexity index is 4650. The van der Waals surface area contributed by atoms with Crippen LogP contribution in [0.15, 0.2) is 97.5 Å². The van der Waals surface area contributed by atoms with Gasteiger partial charge in [-0.1, -0.05) is 141 Å². The zero-order valence-electron chi connectivity index (χ0n) is 75.8. The summed E-state index contributed by atoms with van der Waals surface area (Å²) in [5, 5.41) is 75.5. The minimum Gasteiger partial charge on any atom is -0.508 e. The van der Waals surface area contributed by atoms with Crippen LogP contribution in [-0.4, -0.2) is 257 Å². The molecule has 0 bridgehead atoms. The summed E-state index contributed by atoms with van der Waals surface area (Å²) in [5.74, 6) is -25.5. The third kappa shape index (κ3) is 39.5. The van der Waals surface area contributed by atoms with Gasteiger partial charge >= 0.3 is 11.9 Å². The van der Waals surface area contributed by atoms with E-state index in [-0.39, 0.29) is 49.5 Å². The van der Waals surface area contributed by atoms with E-state index in [4.69, 9.17) is 28.7 Å². The van der Waals surface area contributed by atoms with Crippen LogP contribution in [0.3, 0.4) is 0 Å². The van der Waals surface area contributed by atoms with Gasteiger partial charge in [0.05, 0.1) is 43.4 Å². The molecule has 46 heteroatoms. The second kappa shape index (κ2) is 56.2. The van der Waals surface area contributed by atoms with Crippen LogP contribution in [0.4, 0.5) is 0 Å². The number of nitrogens with zero attached hydrogens (tertiary/aromatic N) is 1. The van der Waals surface area contributed by atoms with E-state index in [1.807, 2.05) is 13.8 Å². The number of aromatic hydroxyl groups is 1. The molecule has 45 nitrogen and oxygen atoms in total. The number of aromatic nitrogens is 2. The number of hydrogen-bond acceptors (Lipinski definition) is 25. The van der Waals surface area contributed by atoms with E-state index in [1.54, 1.807) is 87.7 Å². The number of hydrogen-bond donors (Lipinski definition) is 24. The molecule has 1 heterocycles. The number of nitrogens with two attached hydrogens (primary N) is 5. The number of phenols is 1. The molecule has 0 aliphatic carbocycles. The molecule has 0 spiro atoms. The van der Waals surface area contributed by atoms with E-state index in [2.05, 4.69) is 84.4 Å². The first-order chi connectivity index (χ1) is 62.6. The highest BCUT2D eigenvalue weighted by atomic mass is 32.2. The normalized spacial score (nSPS) is 15.2. The van der Waals surface area contributed by atoms with Crippen molar-refractivity contribution in [2.45, 2.75) is 255 Å². The van der Waals surface area contributed by atoms with Crippen molar-refractivity contribution < 1.29 is 116 Å². The van der Waals surface area contributed by atoms with E-state index in [9.17, 15) is 112 Å². The molecule has 730 valence electrons. The summed E-state index contributed by atoms with van der Waals surface area (Å²) in [6, 6.07) is -3.95. The first kappa shape index (κ1) is 112. The number of rotatable bonds is 60. The fraction of sp³-hybridized carbons (Fsp3) is 0.529. The van der Waals surface area contributed by atoms with Crippen LogP contribution in [0, 0.1) is 23.7 Å². The third-order valence-electron chi connectivity index (χ3n) is 21.3. The molecule has 0 saturated heterocycles. The number of aliphatic carboxylic acids is 2. The fourth-order valence-electron chi connectivity index (χ4n) is 13.5. The van der Waals surface area contributed by atoms with Gasteiger partial charge in [-0.25, -0.2) is 9.78 Å². The van der Waals surface area contributed by atoms with Gasteiger partial charge in [-0.2, -0.15) is 11.8 Å². The molecule has 18 atom stereocenters. The topological polar surface area (TPSA) is 750 Å². The molecule has 1 aromatic heterocycles. The monoisotopic (exact) mass is 1880 g/mol. The Morgan fingerprint density at radius 2 is 0.714 bits per heavy atom. The first-order valence-corrected chi connectivity index (χ1v) is 44.6. The number of benzene rings is 3. The Hall–Kier alpha value is -13.7. The Kier molecular flexibility index (Phi) is 47.1. The van der Waals surface area contributed by atoms with E-state index < -0.39 is 291 Å². The summed E-state index contributed by atoms with van der Waals surface area (Å²) < 4.78 is 0. The van der Waals surface area contributed by atoms with Crippen molar-refractivity contribution in [3.05, 3.63) is 120 Å². The van der Waals surface area contributed by atoms with Crippen molar-refractivity contribution in [1.29, 1.82) is 0 Å². The molecule has 133 heavy (non-hydrogen) atoms. The highest BCUT2D eigenvalue weighted by Crippen LogP contribution is 2.19. The van der Waals surface area contributed by atoms with Crippen LogP contribution < -0.4 is 103 Å². The van der Waals surface area contributed by atoms with Gasteiger partial charge in [-0.3, -0.25) is 91.1 Å². The van der Waals surface area contributed by atoms with Gasteiger partial charge in [0.25, 0.3) is 0 Å². The van der Waals surface area contributed by atoms with Gasteiger partial charge in [0, 0.05) is 44.7 Å². The van der Waals surface area contributed by atoms with Gasteiger partial charge in [-0.15, -0.1) is 0 Å². The maximum Gasteiger partial charge on any atom is 0.326 e. The molecule has 0 unspecified atom stereocenters. The number of H-pyrrole nitrogens is 1. The van der Waals surface area contributed by atoms with Crippen LogP contribution >= 0.6 is 11.8 Å². The lowest BCUT2D eigenvalue weighted by Crippen LogP contribution is -2.63. The summed E-state index contributed by atoms with van der Waals surface area (Å²) >= 11 is 1.31. The molecule has 3 aromatic carbocycles. The number of aromatic amines is 1. The van der Waals surface area contributed by atoms with E-state index in [1.165, 1.54) is 69.3 Å². The van der Waals surface area contributed by atoms with Crippen LogP contribution in [0.1, 0.15) is 155 Å². The predicted molar refractivity (Wildman–Crippen MR) is 482 cm³/mol. The van der Waals surface area contributed by atoms with Crippen molar-refractivity contribution in [2.75, 3.05) is 12.0 Å². The average Bonchev–Trinajstić information content (AvgIpc) is 1.23. The molecule has 0 saturated carbocycles. The average molecular weight is 1880 g/mol. The van der Waals surface area contributed by atoms with Crippen LogP contribution in [0.25, 0.3) is 0 Å². The molecule has 18 amide bonds. The molecular weight excluding hydrogens is 1760 g/mol. The number of carboxylic acids is 2. The maximum absolute atomic E-state index is 15.1. The lowest BCUT2D eigenvalue weighted by molar-refractivity contribution is -0.144. The summed E-state index contributed by atoms with van der Waals surface area (Å²) in [7, 11) is 0. The molecule has 0 aliphatic heterocycles. The highest BCUT2D eigenvalue weighted by molar-refractivity contribution is 7.98. The summed E-state index contributed by atoms with van der Waals surface area (Å²) in [6.07, 6.45) is -4.00. The second-order valence-corrected chi connectivity index (χ2v) is 34.1. The molecule has 0 fully saturated rings. The quantitative estimate of drug-likeness (QED) is 0.0197. The van der Waals surface area contributed by atoms with Gasteiger partial charge in [0.1, 0.15) is 90.3 Å². The van der Waals surface area contributed by atoms with Crippen molar-refractivity contribution >= 4 is 130 Å². The minimum absolute atomic E-state index is 0.00891. The number of carbonyl (C=O) groups is 20. The Balaban J connectivity index is 1.68. The number of phenolic OH excluding ortho intramolecular Hbond substituents is 1. The van der Waals surface area contributed by atoms with Crippen molar-refractivity contribution in [3.8, 4) is 5.75 Å². The SMILES string of the molecule is CC[C@H](C)[C@H](NC(=O)[C@H](Cc1ccccc1)NC(=O)[C@@H](NC(=O)[C@H](Cc1ccc(O)cc1)NC(=O)[C@H](Cc1ccccc1)NC(=O)[C@H](CCC(N)=O)NC(=O)[C@H](CC(N)=O)NC(=O)[C@@H](NC(=O)[C@H](Cc1c[nH]cn1)NC(=O)[C@H](CCC(=O)O)NC(=O)[C@@H](NC(=O)[C@H](CC(N)=O)NC(=O)[C@H](CC(N)=O)NC(=O)[C@H](CCSC)NC(=O)[C@@H](N)CC(C)C)C(C)C)[C@@H](C)CC)[C@@H](C)O)C(=O)O. The van der Waals surface area contributed by atoms with Crippen LogP contribution in [-0.2, 0) is 122 Å². The number of carboxylic acid groups (broad SMARTS) is 2. The fourth-order valence-corrected chi connectivity index (χ4v) is 14.0. The van der Waals surface area contributed by atoms with E-state index in [0.29, 0.717) is 28.9 Å². The number of aliphatic hydroxyl groups is 1. The standard InChI is InChI=1S/C87H127N21O24S/c1-11-45(7)70(106-82(126)60(37-51-41-93-42-94-51)100-75(119)55(28-30-68(115)116)97-84(128)69(44(5)6)105-83(127)63(40-67(92)114)102-79(123)61(38-65(90)112)101-76(120)56(31-32-133-10)95-73(117)53(88)33-43(3)4)85(129)104-62(39-66(91)113)78(122)96-54(27-29-64(89)111)74(118)98-57(34-48-19-15-13-16-20-48)77(121)99-58(36-50-23-25-52(110)26-24-50)81(125)108-72(47(9)109)86(130)103-59(35-49-21-17-14-18-22-49)80(124)107-71(87(131)132)46(8)12-2/h13-26,41-47,53-63,69-72,109-110H,11-12,27-40,88H2,1-10H3,(H2,89,111)(H2,90,112)(H2,91,113)(H2,92,114)(H,93,94)(H,95,117)(H,96,122)(H,97,128)(H,98,118)(H,99,121)(H,100,119)(H,101,120)(H,102,123)(H,103,130)(H,104,129)(H,105,127)(H,106,126)(H,107,124)(H,108,125)(H,115,116)(H,131,132)/t45-,46-,47+,53-,54-,55-,56-,57-,58-,59-,60-,61-,62-,63-,69-,70-,71-,72-/m0/s1. The largest absolute Gasteiger partial charge is 0.508 e. The lowest BCUT2D eigenvalue weighted by Gasteiger charge is -2.30. The predicted octanol–water partition coefficient (Wildman–Crippen LogP) is -4.73. The van der Waals surface area contributed by atoms with Crippen molar-refractivity contribution in [1.82, 2.24) is 84.4 Å². The Labute approximate surface area is 772 Å². The number of aliphatic hydroxyl groups excluding tert-OH is 1. The number of amides is 18. The Morgan fingerprint density at radius 3 is 1.11 bits per heavy atom. The Morgan fingerprint density at radius 1 is 0.383 bits per heavy atom. The molecule has 0 aliphatic rings. The zero-order chi connectivity index (χ0) is 99.6. The van der Waals surface area contributed by atoms with Gasteiger partial charge < -0.3 is 129 Å². The van der Waals surface area contributed by atoms with Crippen LogP contribution in [0.2, 0.25) is 0 Å². The van der Waals surface area contributed by atoms with Gasteiger partial charge in [0.2, 0.25) is 106 Å². The molecule has 4 aromatic rings. The number of primary amides is 4. The summed E-state index contributed by atoms with van der Waals surface area (Å²) in [5.41, 5.74) is 29.6. The molecule has 0 radical (unpaired) electrons. The van der Waals surface area contributed by atoms with Crippen molar-refractivity contribution in [2.24, 2.45) is 52.3 Å². The minimum atomic E-state index is -2.04. The van der Waals surface area contributed by atoms with Crippen molar-refractivity contribution in [3.63, 3.8) is 0 Å². The summed E-state index contributed by atoms with van der Waals surface area (Å²) in [6.45, 7) is 14.0. The maximum atomic E-state index is 15.1. The van der Waals surface area contributed by atoms with Gasteiger partial charge in [-0.05, 0) is 97.1 Å². The lowest BCUT2D eigenvalue weighted by atomic mass is 9.96. The zero-order valence-corrected chi connectivity index (χ0v) is 76.6. The number of thioether (sulfide) groups is 1. The molecule has 4 rings (SSSR count).